The topological polar surface area (TPSA) is 88.2 Å². The third-order valence-corrected chi connectivity index (χ3v) is 5.87. The summed E-state index contributed by atoms with van der Waals surface area (Å²) in [7, 11) is -3.73. The van der Waals surface area contributed by atoms with E-state index in [-0.39, 0.29) is 21.6 Å². The van der Waals surface area contributed by atoms with E-state index in [0.29, 0.717) is 11.6 Å². The summed E-state index contributed by atoms with van der Waals surface area (Å²) < 4.78 is 26.9. The number of aromatic nitrogens is 1. The van der Waals surface area contributed by atoms with Crippen LogP contribution in [0.2, 0.25) is 5.02 Å². The summed E-state index contributed by atoms with van der Waals surface area (Å²) in [4.78, 5) is 16.3. The number of benzene rings is 2. The first-order valence-electron chi connectivity index (χ1n) is 7.50. The van der Waals surface area contributed by atoms with Gasteiger partial charge in [-0.3, -0.25) is 9.52 Å². The minimum atomic E-state index is -3.73. The van der Waals surface area contributed by atoms with Crippen LogP contribution in [-0.2, 0) is 16.6 Å². The molecule has 0 aliphatic heterocycles. The van der Waals surface area contributed by atoms with Crippen molar-refractivity contribution in [2.75, 3.05) is 4.72 Å². The number of carbonyl (C=O) groups is 1. The monoisotopic (exact) mass is 407 g/mol. The van der Waals surface area contributed by atoms with Gasteiger partial charge in [0.15, 0.2) is 5.13 Å². The zero-order valence-electron chi connectivity index (χ0n) is 13.3. The molecule has 1 aromatic heterocycles. The zero-order chi connectivity index (χ0) is 18.6. The Kier molecular flexibility index (Phi) is 5.55. The van der Waals surface area contributed by atoms with Crippen molar-refractivity contribution in [3.8, 4) is 0 Å². The summed E-state index contributed by atoms with van der Waals surface area (Å²) in [5, 5.41) is 4.98. The van der Waals surface area contributed by atoms with Crippen LogP contribution in [0.15, 0.2) is 64.9 Å². The van der Waals surface area contributed by atoms with Crippen LogP contribution < -0.4 is 10.0 Å². The van der Waals surface area contributed by atoms with E-state index in [2.05, 4.69) is 15.0 Å². The van der Waals surface area contributed by atoms with E-state index in [1.54, 1.807) is 30.3 Å². The lowest BCUT2D eigenvalue weighted by molar-refractivity contribution is 0.0946. The molecule has 0 saturated carbocycles. The largest absolute Gasteiger partial charge is 0.347 e. The number of anilines is 1. The lowest BCUT2D eigenvalue weighted by Crippen LogP contribution is -2.23. The number of sulfonamides is 1. The molecule has 2 N–H and O–H groups in total. The van der Waals surface area contributed by atoms with Crippen molar-refractivity contribution >= 4 is 44.0 Å². The van der Waals surface area contributed by atoms with Crippen LogP contribution in [0.25, 0.3) is 0 Å². The molecule has 0 spiro atoms. The normalized spacial score (nSPS) is 11.1. The molecule has 0 fully saturated rings. The van der Waals surface area contributed by atoms with E-state index in [0.717, 1.165) is 16.9 Å². The van der Waals surface area contributed by atoms with E-state index in [1.165, 1.54) is 17.5 Å². The molecule has 3 rings (SSSR count). The SMILES string of the molecule is O=C(NCc1ccc(Cl)cc1)c1csc(NS(=O)(=O)c2ccccc2)n1. The molecule has 3 aromatic rings. The number of hydrogen-bond acceptors (Lipinski definition) is 5. The number of nitrogens with zero attached hydrogens (tertiary/aromatic N) is 1. The molecule has 0 unspecified atom stereocenters. The van der Waals surface area contributed by atoms with Gasteiger partial charge in [0.05, 0.1) is 4.90 Å². The van der Waals surface area contributed by atoms with Crippen molar-refractivity contribution in [2.24, 2.45) is 0 Å². The minimum Gasteiger partial charge on any atom is -0.347 e. The summed E-state index contributed by atoms with van der Waals surface area (Å²) in [5.74, 6) is -0.388. The Morgan fingerprint density at radius 1 is 1.08 bits per heavy atom. The Morgan fingerprint density at radius 3 is 2.46 bits per heavy atom. The van der Waals surface area contributed by atoms with Crippen molar-refractivity contribution in [1.29, 1.82) is 0 Å². The fourth-order valence-corrected chi connectivity index (χ4v) is 4.16. The second kappa shape index (κ2) is 7.86. The number of thiazole rings is 1. The van der Waals surface area contributed by atoms with Gasteiger partial charge in [0.25, 0.3) is 15.9 Å². The van der Waals surface area contributed by atoms with Gasteiger partial charge in [-0.05, 0) is 29.8 Å². The summed E-state index contributed by atoms with van der Waals surface area (Å²) in [6.45, 7) is 0.318. The quantitative estimate of drug-likeness (QED) is 0.654. The Hall–Kier alpha value is -2.42. The number of nitrogens with one attached hydrogen (secondary N) is 2. The van der Waals surface area contributed by atoms with Gasteiger partial charge in [-0.2, -0.15) is 0 Å². The van der Waals surface area contributed by atoms with Crippen molar-refractivity contribution < 1.29 is 13.2 Å². The summed E-state index contributed by atoms with van der Waals surface area (Å²) in [6.07, 6.45) is 0. The smallest absolute Gasteiger partial charge is 0.271 e. The number of hydrogen-bond donors (Lipinski definition) is 2. The van der Waals surface area contributed by atoms with Crippen LogP contribution in [0.1, 0.15) is 16.1 Å². The second-order valence-corrected chi connectivity index (χ2v) is 8.24. The highest BCUT2D eigenvalue weighted by atomic mass is 35.5. The third-order valence-electron chi connectivity index (χ3n) is 3.38. The molecule has 2 aromatic carbocycles. The van der Waals surface area contributed by atoms with Crippen molar-refractivity contribution in [1.82, 2.24) is 10.3 Å². The van der Waals surface area contributed by atoms with E-state index < -0.39 is 10.0 Å². The predicted molar refractivity (Wildman–Crippen MR) is 102 cm³/mol. The van der Waals surface area contributed by atoms with Crippen LogP contribution in [0.3, 0.4) is 0 Å². The highest BCUT2D eigenvalue weighted by Crippen LogP contribution is 2.20. The molecule has 1 heterocycles. The maximum Gasteiger partial charge on any atom is 0.271 e. The number of halogens is 1. The fourth-order valence-electron chi connectivity index (χ4n) is 2.07. The average molecular weight is 408 g/mol. The van der Waals surface area contributed by atoms with E-state index in [1.807, 2.05) is 12.1 Å². The molecule has 0 atom stereocenters. The van der Waals surface area contributed by atoms with Gasteiger partial charge in [0.1, 0.15) is 5.69 Å². The number of amides is 1. The molecule has 134 valence electrons. The molecule has 0 aliphatic carbocycles. The van der Waals surface area contributed by atoms with Gasteiger partial charge < -0.3 is 5.32 Å². The molecular weight excluding hydrogens is 394 g/mol. The van der Waals surface area contributed by atoms with Gasteiger partial charge in [0, 0.05) is 16.9 Å². The van der Waals surface area contributed by atoms with Gasteiger partial charge in [0.2, 0.25) is 0 Å². The maximum absolute atomic E-state index is 12.3. The fraction of sp³-hybridized carbons (Fsp3) is 0.0588. The van der Waals surface area contributed by atoms with Crippen molar-refractivity contribution in [2.45, 2.75) is 11.4 Å². The highest BCUT2D eigenvalue weighted by Gasteiger charge is 2.17. The third kappa shape index (κ3) is 4.60. The number of carbonyl (C=O) groups excluding carboxylic acids is 1. The average Bonchev–Trinajstić information content (AvgIpc) is 3.09. The predicted octanol–water partition coefficient (Wildman–Crippen LogP) is 3.53. The van der Waals surface area contributed by atoms with Gasteiger partial charge in [-0.25, -0.2) is 13.4 Å². The Bertz CT molecular complexity index is 1000. The molecule has 0 bridgehead atoms. The van der Waals surface area contributed by atoms with Gasteiger partial charge in [-0.1, -0.05) is 41.9 Å². The van der Waals surface area contributed by atoms with Crippen molar-refractivity contribution in [3.05, 3.63) is 76.3 Å². The lowest BCUT2D eigenvalue weighted by atomic mass is 10.2. The number of rotatable bonds is 6. The second-order valence-electron chi connectivity index (χ2n) is 5.27. The first-order valence-corrected chi connectivity index (χ1v) is 10.2. The van der Waals surface area contributed by atoms with E-state index in [9.17, 15) is 13.2 Å². The van der Waals surface area contributed by atoms with E-state index >= 15 is 0 Å². The standard InChI is InChI=1S/C17H14ClN3O3S2/c18-13-8-6-12(7-9-13)10-19-16(22)15-11-25-17(20-15)21-26(23,24)14-4-2-1-3-5-14/h1-9,11H,10H2,(H,19,22)(H,20,21). The Labute approximate surface area is 159 Å². The van der Waals surface area contributed by atoms with Crippen LogP contribution in [-0.4, -0.2) is 19.3 Å². The highest BCUT2D eigenvalue weighted by molar-refractivity contribution is 7.93. The molecule has 1 amide bonds. The zero-order valence-corrected chi connectivity index (χ0v) is 15.7. The van der Waals surface area contributed by atoms with Crippen molar-refractivity contribution in [3.63, 3.8) is 0 Å². The minimum absolute atomic E-state index is 0.129. The van der Waals surface area contributed by atoms with Gasteiger partial charge >= 0.3 is 0 Å². The van der Waals surface area contributed by atoms with Crippen LogP contribution in [0.4, 0.5) is 5.13 Å². The Balaban J connectivity index is 1.64. The molecule has 0 saturated heterocycles. The molecule has 9 heteroatoms. The molecule has 26 heavy (non-hydrogen) atoms. The lowest BCUT2D eigenvalue weighted by Gasteiger charge is -2.05. The summed E-state index contributed by atoms with van der Waals surface area (Å²) in [5.41, 5.74) is 1.04. The first-order chi connectivity index (χ1) is 12.4. The molecular formula is C17H14ClN3O3S2. The summed E-state index contributed by atoms with van der Waals surface area (Å²) in [6, 6.07) is 15.0. The van der Waals surface area contributed by atoms with Crippen LogP contribution in [0, 0.1) is 0 Å². The molecule has 0 radical (unpaired) electrons. The maximum atomic E-state index is 12.3. The first kappa shape index (κ1) is 18.4. The molecule has 0 aliphatic rings. The van der Waals surface area contributed by atoms with Crippen LogP contribution >= 0.6 is 22.9 Å². The van der Waals surface area contributed by atoms with E-state index in [4.69, 9.17) is 11.6 Å². The molecule has 6 nitrogen and oxygen atoms in total. The summed E-state index contributed by atoms with van der Waals surface area (Å²) >= 11 is 6.86. The van der Waals surface area contributed by atoms with Crippen LogP contribution in [0.5, 0.6) is 0 Å². The Morgan fingerprint density at radius 2 is 1.77 bits per heavy atom. The van der Waals surface area contributed by atoms with Gasteiger partial charge in [-0.15, -0.1) is 11.3 Å².